The van der Waals surface area contributed by atoms with Gasteiger partial charge in [-0.15, -0.1) is 11.8 Å². The number of nitrogens with one attached hydrogen (secondary N) is 1. The summed E-state index contributed by atoms with van der Waals surface area (Å²) >= 11 is 5.09. The van der Waals surface area contributed by atoms with E-state index in [1.165, 1.54) is 0 Å². The number of aromatic nitrogens is 2. The minimum absolute atomic E-state index is 0.685. The number of hydrogen-bond acceptors (Lipinski definition) is 5. The molecule has 1 heterocycles. The van der Waals surface area contributed by atoms with Gasteiger partial charge in [0.1, 0.15) is 5.03 Å². The summed E-state index contributed by atoms with van der Waals surface area (Å²) in [6.07, 6.45) is 2.84. The molecule has 6 heteroatoms. The first-order valence-corrected chi connectivity index (χ1v) is 6.94. The van der Waals surface area contributed by atoms with Crippen LogP contribution in [-0.2, 0) is 4.74 Å². The van der Waals surface area contributed by atoms with Crippen molar-refractivity contribution in [1.82, 2.24) is 9.97 Å². The average Bonchev–Trinajstić information content (AvgIpc) is 2.30. The molecule has 0 aliphatic heterocycles. The lowest BCUT2D eigenvalue weighted by molar-refractivity contribution is 0.218. The van der Waals surface area contributed by atoms with E-state index in [0.29, 0.717) is 5.95 Å². The van der Waals surface area contributed by atoms with Gasteiger partial charge >= 0.3 is 0 Å². The molecule has 90 valence electrons. The molecule has 0 saturated carbocycles. The van der Waals surface area contributed by atoms with E-state index in [0.717, 1.165) is 34.8 Å². The average molecular weight is 306 g/mol. The molecule has 0 saturated heterocycles. The van der Waals surface area contributed by atoms with Crippen molar-refractivity contribution in [2.45, 2.75) is 18.4 Å². The van der Waals surface area contributed by atoms with Gasteiger partial charge in [-0.2, -0.15) is 0 Å². The quantitative estimate of drug-likeness (QED) is 0.477. The van der Waals surface area contributed by atoms with Gasteiger partial charge in [-0.3, -0.25) is 0 Å². The molecule has 1 rings (SSSR count). The van der Waals surface area contributed by atoms with Gasteiger partial charge in [0.15, 0.2) is 0 Å². The molecule has 0 radical (unpaired) electrons. The maximum atomic E-state index is 5.00. The third kappa shape index (κ3) is 4.67. The van der Waals surface area contributed by atoms with Crippen molar-refractivity contribution in [3.63, 3.8) is 0 Å². The zero-order chi connectivity index (χ0) is 11.8. The van der Waals surface area contributed by atoms with E-state index in [1.54, 1.807) is 25.1 Å². The minimum Gasteiger partial charge on any atom is -0.384 e. The summed E-state index contributed by atoms with van der Waals surface area (Å²) in [6.45, 7) is 3.72. The zero-order valence-electron chi connectivity index (χ0n) is 9.49. The van der Waals surface area contributed by atoms with Crippen molar-refractivity contribution in [3.05, 3.63) is 10.7 Å². The van der Waals surface area contributed by atoms with Crippen molar-refractivity contribution >= 4 is 33.6 Å². The summed E-state index contributed by atoms with van der Waals surface area (Å²) < 4.78 is 5.93. The number of anilines is 1. The Kier molecular flexibility index (Phi) is 6.75. The van der Waals surface area contributed by atoms with Crippen LogP contribution in [0.25, 0.3) is 0 Å². The second-order valence-electron chi connectivity index (χ2n) is 3.11. The normalized spacial score (nSPS) is 10.4. The Balaban J connectivity index is 2.59. The molecule has 1 aromatic heterocycles. The van der Waals surface area contributed by atoms with Crippen molar-refractivity contribution in [2.24, 2.45) is 0 Å². The van der Waals surface area contributed by atoms with Gasteiger partial charge in [0.2, 0.25) is 5.95 Å². The summed E-state index contributed by atoms with van der Waals surface area (Å²) in [4.78, 5) is 8.61. The van der Waals surface area contributed by atoms with Crippen LogP contribution >= 0.6 is 27.7 Å². The highest BCUT2D eigenvalue weighted by atomic mass is 79.9. The molecular weight excluding hydrogens is 290 g/mol. The molecule has 0 bridgehead atoms. The third-order valence-corrected chi connectivity index (χ3v) is 3.57. The number of nitrogens with zero attached hydrogens (tertiary/aromatic N) is 2. The van der Waals surface area contributed by atoms with Crippen molar-refractivity contribution < 1.29 is 4.74 Å². The molecule has 0 unspecified atom stereocenters. The van der Waals surface area contributed by atoms with Crippen LogP contribution in [0, 0.1) is 0 Å². The fourth-order valence-corrected chi connectivity index (χ4v) is 2.32. The summed E-state index contributed by atoms with van der Waals surface area (Å²) in [7, 11) is 1.70. The Labute approximate surface area is 109 Å². The fraction of sp³-hybridized carbons (Fsp3) is 0.600. The first-order chi connectivity index (χ1) is 7.77. The van der Waals surface area contributed by atoms with E-state index in [9.17, 15) is 0 Å². The summed E-state index contributed by atoms with van der Waals surface area (Å²) in [5, 5.41) is 4.11. The van der Waals surface area contributed by atoms with E-state index < -0.39 is 0 Å². The van der Waals surface area contributed by atoms with Gasteiger partial charge in [-0.05, 0) is 22.4 Å². The van der Waals surface area contributed by atoms with Crippen LogP contribution in [0.4, 0.5) is 5.95 Å². The first-order valence-electron chi connectivity index (χ1n) is 5.16. The minimum atomic E-state index is 0.685. The van der Waals surface area contributed by atoms with Crippen LogP contribution in [0.5, 0.6) is 0 Å². The molecule has 0 amide bonds. The SMILES string of the molecule is CCCNc1ncc(Br)c(SCCOC)n1. The molecule has 4 nitrogen and oxygen atoms in total. The maximum Gasteiger partial charge on any atom is 0.223 e. The fourth-order valence-electron chi connectivity index (χ4n) is 0.996. The summed E-state index contributed by atoms with van der Waals surface area (Å²) in [5.41, 5.74) is 0. The number of thioether (sulfide) groups is 1. The van der Waals surface area contributed by atoms with E-state index in [1.807, 2.05) is 0 Å². The summed E-state index contributed by atoms with van der Waals surface area (Å²) in [5.74, 6) is 1.57. The molecule has 0 aliphatic carbocycles. The Bertz CT molecular complexity index is 325. The van der Waals surface area contributed by atoms with Crippen LogP contribution in [0.15, 0.2) is 15.7 Å². The highest BCUT2D eigenvalue weighted by molar-refractivity contribution is 9.10. The highest BCUT2D eigenvalue weighted by Gasteiger charge is 2.05. The second-order valence-corrected chi connectivity index (χ2v) is 5.05. The Morgan fingerprint density at radius 3 is 3.06 bits per heavy atom. The number of hydrogen-bond donors (Lipinski definition) is 1. The van der Waals surface area contributed by atoms with Gasteiger partial charge in [-0.25, -0.2) is 9.97 Å². The molecule has 0 spiro atoms. The Morgan fingerprint density at radius 1 is 1.56 bits per heavy atom. The number of halogens is 1. The van der Waals surface area contributed by atoms with Gasteiger partial charge < -0.3 is 10.1 Å². The van der Waals surface area contributed by atoms with Gasteiger partial charge in [0.05, 0.1) is 11.1 Å². The van der Waals surface area contributed by atoms with Crippen LogP contribution in [0.2, 0.25) is 0 Å². The molecule has 1 aromatic rings. The van der Waals surface area contributed by atoms with Crippen molar-refractivity contribution in [2.75, 3.05) is 31.3 Å². The van der Waals surface area contributed by atoms with Crippen molar-refractivity contribution in [3.8, 4) is 0 Å². The lowest BCUT2D eigenvalue weighted by atomic mass is 10.5. The standard InChI is InChI=1S/C10H16BrN3OS/c1-3-4-12-10-13-7-8(11)9(14-10)16-6-5-15-2/h7H,3-6H2,1-2H3,(H,12,13,14). The smallest absolute Gasteiger partial charge is 0.223 e. The number of ether oxygens (including phenoxy) is 1. The van der Waals surface area contributed by atoms with E-state index in [4.69, 9.17) is 4.74 Å². The molecular formula is C10H16BrN3OS. The highest BCUT2D eigenvalue weighted by Crippen LogP contribution is 2.25. The molecule has 0 atom stereocenters. The lowest BCUT2D eigenvalue weighted by Gasteiger charge is -2.06. The predicted molar refractivity (Wildman–Crippen MR) is 71.1 cm³/mol. The van der Waals surface area contributed by atoms with Gasteiger partial charge in [0.25, 0.3) is 0 Å². The third-order valence-electron chi connectivity index (χ3n) is 1.77. The van der Waals surface area contributed by atoms with Crippen LogP contribution in [-0.4, -0.2) is 36.0 Å². The first kappa shape index (κ1) is 13.7. The van der Waals surface area contributed by atoms with E-state index in [-0.39, 0.29) is 0 Å². The zero-order valence-corrected chi connectivity index (χ0v) is 11.9. The van der Waals surface area contributed by atoms with Crippen LogP contribution < -0.4 is 5.32 Å². The molecule has 1 N–H and O–H groups in total. The molecule has 0 fully saturated rings. The van der Waals surface area contributed by atoms with Gasteiger partial charge in [-0.1, -0.05) is 6.92 Å². The van der Waals surface area contributed by atoms with E-state index in [2.05, 4.69) is 38.1 Å². The molecule has 0 aliphatic rings. The van der Waals surface area contributed by atoms with E-state index >= 15 is 0 Å². The number of rotatable bonds is 7. The number of methoxy groups -OCH3 is 1. The van der Waals surface area contributed by atoms with Crippen LogP contribution in [0.1, 0.15) is 13.3 Å². The lowest BCUT2D eigenvalue weighted by Crippen LogP contribution is -2.05. The topological polar surface area (TPSA) is 47.0 Å². The predicted octanol–water partition coefficient (Wildman–Crippen LogP) is 2.80. The Hall–Kier alpha value is -0.330. The largest absolute Gasteiger partial charge is 0.384 e. The molecule has 16 heavy (non-hydrogen) atoms. The van der Waals surface area contributed by atoms with Crippen LogP contribution in [0.3, 0.4) is 0 Å². The molecule has 0 aromatic carbocycles. The van der Waals surface area contributed by atoms with Crippen molar-refractivity contribution in [1.29, 1.82) is 0 Å². The van der Waals surface area contributed by atoms with Gasteiger partial charge in [0, 0.05) is 25.6 Å². The maximum absolute atomic E-state index is 5.00. The Morgan fingerprint density at radius 2 is 2.38 bits per heavy atom. The second kappa shape index (κ2) is 7.86. The summed E-state index contributed by atoms with van der Waals surface area (Å²) in [6, 6.07) is 0. The monoisotopic (exact) mass is 305 g/mol.